The number of aliphatic imine (C=N–C) groups is 1. The molecular formula is C16H16BrFN6O. The van der Waals surface area contributed by atoms with E-state index < -0.39 is 17.4 Å². The minimum Gasteiger partial charge on any atom is -0.294 e. The lowest BCUT2D eigenvalue weighted by atomic mass is 10.2. The van der Waals surface area contributed by atoms with Crippen LogP contribution in [-0.4, -0.2) is 22.6 Å². The summed E-state index contributed by atoms with van der Waals surface area (Å²) < 4.78 is 13.5. The van der Waals surface area contributed by atoms with Gasteiger partial charge in [0, 0.05) is 0 Å². The van der Waals surface area contributed by atoms with E-state index in [1.807, 2.05) is 35.8 Å². The van der Waals surface area contributed by atoms with Crippen molar-refractivity contribution < 1.29 is 9.60 Å². The van der Waals surface area contributed by atoms with E-state index in [1.165, 1.54) is 18.2 Å². The van der Waals surface area contributed by atoms with Crippen LogP contribution in [-0.2, 0) is 6.54 Å². The Morgan fingerprint density at radius 2 is 1.92 bits per heavy atom. The Labute approximate surface area is 152 Å². The third-order valence-corrected chi connectivity index (χ3v) is 3.87. The predicted octanol–water partition coefficient (Wildman–Crippen LogP) is 2.84. The van der Waals surface area contributed by atoms with Crippen molar-refractivity contribution in [3.63, 3.8) is 0 Å². The number of hydroxylamine groups is 1. The van der Waals surface area contributed by atoms with Crippen LogP contribution < -0.4 is 16.3 Å². The summed E-state index contributed by atoms with van der Waals surface area (Å²) in [6, 6.07) is 13.2. The average molecular weight is 407 g/mol. The molecule has 0 saturated carbocycles. The van der Waals surface area contributed by atoms with Crippen molar-refractivity contribution in [1.29, 1.82) is 10.8 Å². The van der Waals surface area contributed by atoms with Crippen LogP contribution in [0.15, 0.2) is 58.0 Å². The van der Waals surface area contributed by atoms with Gasteiger partial charge in [0.05, 0.1) is 16.7 Å². The number of amidine groups is 2. The SMILES string of the molecule is N=C(C(=N)N(N)c1ccc(F)c(Br)c1)C(=NCc1ccccc1)NO. The standard InChI is InChI=1S/C16H16BrFN6O/c17-12-8-11(6-7-13(12)18)24(21)15(20)14(19)16(23-25)22-9-10-4-2-1-3-5-10/h1-8,19-20,25H,9,21H2,(H,22,23). The lowest BCUT2D eigenvalue weighted by Crippen LogP contribution is -2.46. The molecule has 2 rings (SSSR count). The van der Waals surface area contributed by atoms with Crippen LogP contribution >= 0.6 is 15.9 Å². The van der Waals surface area contributed by atoms with Gasteiger partial charge in [-0.25, -0.2) is 10.2 Å². The van der Waals surface area contributed by atoms with Crippen molar-refractivity contribution >= 4 is 39.0 Å². The van der Waals surface area contributed by atoms with E-state index in [0.717, 1.165) is 10.6 Å². The summed E-state index contributed by atoms with van der Waals surface area (Å²) in [6.07, 6.45) is 0. The molecule has 0 aliphatic heterocycles. The van der Waals surface area contributed by atoms with E-state index in [2.05, 4.69) is 20.9 Å². The summed E-state index contributed by atoms with van der Waals surface area (Å²) in [7, 11) is 0. The Morgan fingerprint density at radius 3 is 2.52 bits per heavy atom. The highest BCUT2D eigenvalue weighted by atomic mass is 79.9. The second-order valence-corrected chi connectivity index (χ2v) is 5.81. The second kappa shape index (κ2) is 8.47. The summed E-state index contributed by atoms with van der Waals surface area (Å²) in [4.78, 5) is 4.08. The first-order valence-electron chi connectivity index (χ1n) is 7.10. The van der Waals surface area contributed by atoms with Gasteiger partial charge in [0.2, 0.25) is 0 Å². The average Bonchev–Trinajstić information content (AvgIpc) is 2.64. The zero-order chi connectivity index (χ0) is 18.4. The van der Waals surface area contributed by atoms with Gasteiger partial charge >= 0.3 is 0 Å². The van der Waals surface area contributed by atoms with Crippen molar-refractivity contribution in [2.24, 2.45) is 10.8 Å². The van der Waals surface area contributed by atoms with Crippen molar-refractivity contribution in [3.8, 4) is 0 Å². The Bertz CT molecular complexity index is 812. The molecule has 130 valence electrons. The number of rotatable bonds is 5. The number of nitrogens with zero attached hydrogens (tertiary/aromatic N) is 2. The number of hydrazine groups is 1. The number of anilines is 1. The summed E-state index contributed by atoms with van der Waals surface area (Å²) in [5.74, 6) is 4.72. The third-order valence-electron chi connectivity index (χ3n) is 3.26. The maximum atomic E-state index is 13.3. The van der Waals surface area contributed by atoms with Gasteiger partial charge in [0.1, 0.15) is 11.5 Å². The number of hydrogen-bond acceptors (Lipinski definition) is 5. The highest BCUT2D eigenvalue weighted by Gasteiger charge is 2.19. The fourth-order valence-corrected chi connectivity index (χ4v) is 2.29. The van der Waals surface area contributed by atoms with Crippen LogP contribution in [0.25, 0.3) is 0 Å². The first-order valence-corrected chi connectivity index (χ1v) is 7.89. The first kappa shape index (κ1) is 18.7. The van der Waals surface area contributed by atoms with Gasteiger partial charge in [0.25, 0.3) is 0 Å². The number of benzene rings is 2. The minimum absolute atomic E-state index is 0.179. The van der Waals surface area contributed by atoms with Gasteiger partial charge in [-0.05, 0) is 39.7 Å². The normalized spacial score (nSPS) is 11.1. The molecule has 0 atom stereocenters. The van der Waals surface area contributed by atoms with Crippen molar-refractivity contribution in [1.82, 2.24) is 5.48 Å². The Balaban J connectivity index is 2.15. The molecular weight excluding hydrogens is 391 g/mol. The maximum absolute atomic E-state index is 13.3. The topological polar surface area (TPSA) is 122 Å². The van der Waals surface area contributed by atoms with Crippen molar-refractivity contribution in [3.05, 3.63) is 64.4 Å². The van der Waals surface area contributed by atoms with E-state index in [1.54, 1.807) is 0 Å². The van der Waals surface area contributed by atoms with Gasteiger partial charge in [-0.1, -0.05) is 30.3 Å². The van der Waals surface area contributed by atoms with Crippen LogP contribution in [0.3, 0.4) is 0 Å². The molecule has 7 nitrogen and oxygen atoms in total. The highest BCUT2D eigenvalue weighted by molar-refractivity contribution is 9.10. The number of nitrogens with one attached hydrogen (secondary N) is 3. The molecule has 0 amide bonds. The van der Waals surface area contributed by atoms with Crippen LogP contribution in [0.4, 0.5) is 10.1 Å². The number of nitrogens with two attached hydrogens (primary N) is 1. The van der Waals surface area contributed by atoms with Crippen LogP contribution in [0.2, 0.25) is 0 Å². The van der Waals surface area contributed by atoms with Crippen LogP contribution in [0.1, 0.15) is 5.56 Å². The molecule has 0 aliphatic rings. The summed E-state index contributed by atoms with van der Waals surface area (Å²) in [6.45, 7) is 0.214. The first-order chi connectivity index (χ1) is 11.9. The van der Waals surface area contributed by atoms with Gasteiger partial charge in [0.15, 0.2) is 11.7 Å². The Kier molecular flexibility index (Phi) is 6.34. The largest absolute Gasteiger partial charge is 0.294 e. The minimum atomic E-state index is -0.471. The second-order valence-electron chi connectivity index (χ2n) is 4.95. The van der Waals surface area contributed by atoms with Crippen LogP contribution in [0, 0.1) is 16.6 Å². The number of hydrogen-bond donors (Lipinski definition) is 5. The smallest absolute Gasteiger partial charge is 0.174 e. The molecule has 0 fully saturated rings. The van der Waals surface area contributed by atoms with Gasteiger partial charge < -0.3 is 0 Å². The quantitative estimate of drug-likeness (QED) is 0.226. The van der Waals surface area contributed by atoms with E-state index in [-0.39, 0.29) is 16.9 Å². The van der Waals surface area contributed by atoms with E-state index in [9.17, 15) is 9.60 Å². The predicted molar refractivity (Wildman–Crippen MR) is 98.7 cm³/mol. The molecule has 2 aromatic carbocycles. The molecule has 0 bridgehead atoms. The molecule has 0 heterocycles. The molecule has 0 saturated heterocycles. The maximum Gasteiger partial charge on any atom is 0.174 e. The lowest BCUT2D eigenvalue weighted by Gasteiger charge is -2.20. The van der Waals surface area contributed by atoms with E-state index in [0.29, 0.717) is 5.69 Å². The molecule has 0 radical (unpaired) electrons. The Morgan fingerprint density at radius 1 is 1.24 bits per heavy atom. The monoisotopic (exact) mass is 406 g/mol. The fourth-order valence-electron chi connectivity index (χ4n) is 1.92. The fraction of sp³-hybridized carbons (Fsp3) is 0.0625. The lowest BCUT2D eigenvalue weighted by molar-refractivity contribution is 0.236. The highest BCUT2D eigenvalue weighted by Crippen LogP contribution is 2.21. The summed E-state index contributed by atoms with van der Waals surface area (Å²) >= 11 is 3.04. The van der Waals surface area contributed by atoms with Crippen LogP contribution in [0.5, 0.6) is 0 Å². The molecule has 0 aromatic heterocycles. The third kappa shape index (κ3) is 4.69. The number of halogens is 2. The summed E-state index contributed by atoms with van der Waals surface area (Å²) in [5, 5.41) is 26.1. The van der Waals surface area contributed by atoms with Gasteiger partial charge in [-0.15, -0.1) is 0 Å². The Hall–Kier alpha value is -2.62. The molecule has 6 N–H and O–H groups in total. The zero-order valence-corrected chi connectivity index (χ0v) is 14.6. The molecule has 0 aliphatic carbocycles. The zero-order valence-electron chi connectivity index (χ0n) is 13.0. The van der Waals surface area contributed by atoms with E-state index in [4.69, 9.17) is 16.7 Å². The van der Waals surface area contributed by atoms with Crippen molar-refractivity contribution in [2.45, 2.75) is 6.54 Å². The van der Waals surface area contributed by atoms with Gasteiger partial charge in [-0.2, -0.15) is 0 Å². The van der Waals surface area contributed by atoms with Crippen molar-refractivity contribution in [2.75, 3.05) is 5.01 Å². The molecule has 0 unspecified atom stereocenters. The van der Waals surface area contributed by atoms with E-state index >= 15 is 0 Å². The van der Waals surface area contributed by atoms with Gasteiger partial charge in [-0.3, -0.25) is 31.5 Å². The molecule has 2 aromatic rings. The summed E-state index contributed by atoms with van der Waals surface area (Å²) in [5.41, 5.74) is 2.57. The molecule has 25 heavy (non-hydrogen) atoms. The molecule has 0 spiro atoms. The molecule has 9 heteroatoms.